The fraction of sp³-hybridized carbons (Fsp3) is 0.647. The molecule has 2 heterocycles. The van der Waals surface area contributed by atoms with Crippen LogP contribution in [0.5, 0.6) is 0 Å². The van der Waals surface area contributed by atoms with Crippen molar-refractivity contribution in [1.82, 2.24) is 25.2 Å². The van der Waals surface area contributed by atoms with Gasteiger partial charge in [0.1, 0.15) is 11.4 Å². The number of hydrogen-bond acceptors (Lipinski definition) is 5. The van der Waals surface area contributed by atoms with Crippen molar-refractivity contribution in [3.8, 4) is 0 Å². The van der Waals surface area contributed by atoms with Crippen LogP contribution in [-0.2, 0) is 12.6 Å². The van der Waals surface area contributed by atoms with Crippen LogP contribution in [0.15, 0.2) is 10.6 Å². The minimum absolute atomic E-state index is 0.257. The second-order valence-corrected chi connectivity index (χ2v) is 7.21. The molecule has 8 nitrogen and oxygen atoms in total. The first-order valence-electron chi connectivity index (χ1n) is 9.00. The number of amides is 2. The average Bonchev–Trinajstić information content (AvgIpc) is 3.20. The van der Waals surface area contributed by atoms with Gasteiger partial charge in [0.05, 0.1) is 5.69 Å². The quantitative estimate of drug-likeness (QED) is 0.888. The summed E-state index contributed by atoms with van der Waals surface area (Å²) >= 11 is 0. The van der Waals surface area contributed by atoms with E-state index in [0.717, 1.165) is 31.4 Å². The standard InChI is InChI=1S/C17H24N6O2/c1-11-18-15(22-25-11)17(8-3-4-9-17)20-16(24)19-14-10-13(21-23(14)2)12-6-5-7-12/h10,12H,3-9H2,1-2H3,(H2,19,20,24). The van der Waals surface area contributed by atoms with Gasteiger partial charge in [0.25, 0.3) is 0 Å². The molecule has 2 aliphatic rings. The molecule has 134 valence electrons. The lowest BCUT2D eigenvalue weighted by Gasteiger charge is -2.26. The number of hydrogen-bond donors (Lipinski definition) is 2. The molecule has 0 atom stereocenters. The Kier molecular flexibility index (Phi) is 3.97. The molecule has 2 N–H and O–H groups in total. The Bertz CT molecular complexity index is 770. The van der Waals surface area contributed by atoms with Crippen LogP contribution in [0.4, 0.5) is 10.6 Å². The molecule has 4 rings (SSSR count). The maximum Gasteiger partial charge on any atom is 0.321 e. The highest BCUT2D eigenvalue weighted by atomic mass is 16.5. The Balaban J connectivity index is 1.48. The molecule has 0 saturated heterocycles. The monoisotopic (exact) mass is 344 g/mol. The number of aryl methyl sites for hydroxylation is 2. The van der Waals surface area contributed by atoms with Gasteiger partial charge in [0.15, 0.2) is 5.82 Å². The van der Waals surface area contributed by atoms with Crippen molar-refractivity contribution in [1.29, 1.82) is 0 Å². The van der Waals surface area contributed by atoms with E-state index in [9.17, 15) is 4.79 Å². The lowest BCUT2D eigenvalue weighted by molar-refractivity contribution is 0.232. The van der Waals surface area contributed by atoms with E-state index in [1.54, 1.807) is 11.6 Å². The summed E-state index contributed by atoms with van der Waals surface area (Å²) in [5.74, 6) is 2.32. The van der Waals surface area contributed by atoms with Gasteiger partial charge in [-0.15, -0.1) is 0 Å². The van der Waals surface area contributed by atoms with Crippen LogP contribution in [-0.4, -0.2) is 26.0 Å². The minimum atomic E-state index is -0.544. The second-order valence-electron chi connectivity index (χ2n) is 7.21. The summed E-state index contributed by atoms with van der Waals surface area (Å²) in [4.78, 5) is 17.0. The van der Waals surface area contributed by atoms with Crippen molar-refractivity contribution in [2.45, 2.75) is 63.3 Å². The molecule has 0 radical (unpaired) electrons. The Labute approximate surface area is 146 Å². The van der Waals surface area contributed by atoms with Crippen LogP contribution in [0.3, 0.4) is 0 Å². The van der Waals surface area contributed by atoms with E-state index in [1.807, 2.05) is 13.1 Å². The minimum Gasteiger partial charge on any atom is -0.340 e. The number of rotatable bonds is 4. The summed E-state index contributed by atoms with van der Waals surface area (Å²) in [6.07, 6.45) is 7.33. The second kappa shape index (κ2) is 6.16. The van der Waals surface area contributed by atoms with Gasteiger partial charge in [-0.05, 0) is 25.7 Å². The normalized spacial score (nSPS) is 19.6. The third kappa shape index (κ3) is 3.01. The van der Waals surface area contributed by atoms with Crippen LogP contribution in [0.2, 0.25) is 0 Å². The van der Waals surface area contributed by atoms with E-state index in [2.05, 4.69) is 25.9 Å². The van der Waals surface area contributed by atoms with Gasteiger partial charge in [0, 0.05) is 26.0 Å². The average molecular weight is 344 g/mol. The predicted molar refractivity (Wildman–Crippen MR) is 91.1 cm³/mol. The molecular weight excluding hydrogens is 320 g/mol. The van der Waals surface area contributed by atoms with E-state index in [1.165, 1.54) is 19.3 Å². The molecule has 2 saturated carbocycles. The molecule has 2 aromatic heterocycles. The van der Waals surface area contributed by atoms with Gasteiger partial charge >= 0.3 is 6.03 Å². The molecule has 2 amide bonds. The zero-order valence-corrected chi connectivity index (χ0v) is 14.7. The van der Waals surface area contributed by atoms with Gasteiger partial charge in [-0.1, -0.05) is 24.4 Å². The third-order valence-electron chi connectivity index (χ3n) is 5.43. The molecule has 2 aliphatic carbocycles. The Morgan fingerprint density at radius 3 is 2.68 bits per heavy atom. The van der Waals surface area contributed by atoms with Crippen LogP contribution in [0, 0.1) is 6.92 Å². The summed E-state index contributed by atoms with van der Waals surface area (Å²) in [6.45, 7) is 1.76. The predicted octanol–water partition coefficient (Wildman–Crippen LogP) is 2.97. The van der Waals surface area contributed by atoms with E-state index in [-0.39, 0.29) is 6.03 Å². The Morgan fingerprint density at radius 1 is 1.32 bits per heavy atom. The highest BCUT2D eigenvalue weighted by Crippen LogP contribution is 2.38. The van der Waals surface area contributed by atoms with Crippen LogP contribution in [0.1, 0.15) is 68.3 Å². The molecule has 0 aliphatic heterocycles. The topological polar surface area (TPSA) is 97.9 Å². The number of carbonyl (C=O) groups excluding carboxylic acids is 1. The summed E-state index contributed by atoms with van der Waals surface area (Å²) in [7, 11) is 1.85. The van der Waals surface area contributed by atoms with Crippen LogP contribution < -0.4 is 10.6 Å². The lowest BCUT2D eigenvalue weighted by Crippen LogP contribution is -2.46. The fourth-order valence-corrected chi connectivity index (χ4v) is 3.75. The highest BCUT2D eigenvalue weighted by molar-refractivity contribution is 5.89. The van der Waals surface area contributed by atoms with E-state index in [0.29, 0.717) is 23.5 Å². The SMILES string of the molecule is Cc1nc(C2(NC(=O)Nc3cc(C4CCC4)nn3C)CCCC2)no1. The van der Waals surface area contributed by atoms with Gasteiger partial charge in [-0.25, -0.2) is 4.79 Å². The summed E-state index contributed by atoms with van der Waals surface area (Å²) < 4.78 is 6.85. The van der Waals surface area contributed by atoms with Crippen LogP contribution >= 0.6 is 0 Å². The van der Waals surface area contributed by atoms with E-state index in [4.69, 9.17) is 4.52 Å². The van der Waals surface area contributed by atoms with Gasteiger partial charge < -0.3 is 9.84 Å². The molecule has 0 unspecified atom stereocenters. The number of aromatic nitrogens is 4. The van der Waals surface area contributed by atoms with Crippen molar-refractivity contribution >= 4 is 11.8 Å². The van der Waals surface area contributed by atoms with Crippen molar-refractivity contribution in [2.24, 2.45) is 7.05 Å². The van der Waals surface area contributed by atoms with E-state index < -0.39 is 5.54 Å². The highest BCUT2D eigenvalue weighted by Gasteiger charge is 2.41. The molecule has 25 heavy (non-hydrogen) atoms. The molecule has 0 bridgehead atoms. The molecule has 0 spiro atoms. The summed E-state index contributed by atoms with van der Waals surface area (Å²) in [6, 6.07) is 1.72. The smallest absolute Gasteiger partial charge is 0.321 e. The van der Waals surface area contributed by atoms with Crippen molar-refractivity contribution in [3.63, 3.8) is 0 Å². The number of anilines is 1. The molecule has 2 fully saturated rings. The molecule has 0 aromatic carbocycles. The Hall–Kier alpha value is -2.38. The fourth-order valence-electron chi connectivity index (χ4n) is 3.75. The maximum atomic E-state index is 12.6. The zero-order valence-electron chi connectivity index (χ0n) is 14.7. The summed E-state index contributed by atoms with van der Waals surface area (Å²) in [5, 5.41) is 14.6. The van der Waals surface area contributed by atoms with Crippen molar-refractivity contribution in [3.05, 3.63) is 23.5 Å². The first-order chi connectivity index (χ1) is 12.1. The van der Waals surface area contributed by atoms with E-state index >= 15 is 0 Å². The number of nitrogens with one attached hydrogen (secondary N) is 2. The van der Waals surface area contributed by atoms with Crippen molar-refractivity contribution < 1.29 is 9.32 Å². The maximum absolute atomic E-state index is 12.6. The van der Waals surface area contributed by atoms with Crippen molar-refractivity contribution in [2.75, 3.05) is 5.32 Å². The molecule has 8 heteroatoms. The first-order valence-corrected chi connectivity index (χ1v) is 9.00. The Morgan fingerprint density at radius 2 is 2.08 bits per heavy atom. The zero-order chi connectivity index (χ0) is 17.4. The first kappa shape index (κ1) is 16.1. The van der Waals surface area contributed by atoms with Gasteiger partial charge in [-0.2, -0.15) is 10.1 Å². The number of carbonyl (C=O) groups is 1. The lowest BCUT2D eigenvalue weighted by atomic mass is 9.83. The molecular formula is C17H24N6O2. The van der Waals surface area contributed by atoms with Gasteiger partial charge in [-0.3, -0.25) is 10.00 Å². The molecule has 2 aromatic rings. The summed E-state index contributed by atoms with van der Waals surface area (Å²) in [5.41, 5.74) is 0.519. The third-order valence-corrected chi connectivity index (χ3v) is 5.43. The van der Waals surface area contributed by atoms with Gasteiger partial charge in [0.2, 0.25) is 5.89 Å². The van der Waals surface area contributed by atoms with Crippen LogP contribution in [0.25, 0.3) is 0 Å². The number of nitrogens with zero attached hydrogens (tertiary/aromatic N) is 4. The largest absolute Gasteiger partial charge is 0.340 e. The number of urea groups is 1.